The summed E-state index contributed by atoms with van der Waals surface area (Å²) >= 11 is 13.5. The van der Waals surface area contributed by atoms with Crippen molar-refractivity contribution in [1.29, 1.82) is 0 Å². The highest BCUT2D eigenvalue weighted by Crippen LogP contribution is 2.32. The summed E-state index contributed by atoms with van der Waals surface area (Å²) < 4.78 is 54.1. The third-order valence-electron chi connectivity index (χ3n) is 4.89. The van der Waals surface area contributed by atoms with E-state index >= 15 is 0 Å². The standard InChI is InChI=1S/C20H17Cl2F2N3O2S2/c21-17-2-1-3-18(19(17)22)31(28,29)27-6-4-26(5-7-27)20-25-16(12-30-20)10-13-8-14(23)11-15(24)9-13/h1-3,8-9,11-12H,4-7,10H2. The van der Waals surface area contributed by atoms with E-state index in [-0.39, 0.29) is 28.0 Å². The lowest BCUT2D eigenvalue weighted by molar-refractivity contribution is 0.384. The maximum atomic E-state index is 13.4. The molecule has 1 aliphatic rings. The Labute approximate surface area is 192 Å². The van der Waals surface area contributed by atoms with Gasteiger partial charge >= 0.3 is 0 Å². The average Bonchev–Trinajstić information content (AvgIpc) is 3.17. The Hall–Kier alpha value is -1.78. The van der Waals surface area contributed by atoms with Gasteiger partial charge in [0.1, 0.15) is 16.5 Å². The van der Waals surface area contributed by atoms with E-state index in [4.69, 9.17) is 23.2 Å². The molecule has 1 aromatic heterocycles. The highest BCUT2D eigenvalue weighted by atomic mass is 35.5. The molecule has 0 atom stereocenters. The lowest BCUT2D eigenvalue weighted by Crippen LogP contribution is -2.48. The normalized spacial score (nSPS) is 15.4. The number of hydrogen-bond donors (Lipinski definition) is 0. The van der Waals surface area contributed by atoms with Gasteiger partial charge in [-0.15, -0.1) is 11.3 Å². The number of halogens is 4. The van der Waals surface area contributed by atoms with E-state index < -0.39 is 21.7 Å². The Morgan fingerprint density at radius 1 is 1.03 bits per heavy atom. The van der Waals surface area contributed by atoms with E-state index in [1.165, 1.54) is 33.8 Å². The largest absolute Gasteiger partial charge is 0.345 e. The van der Waals surface area contributed by atoms with Crippen molar-refractivity contribution in [1.82, 2.24) is 9.29 Å². The molecule has 2 aromatic carbocycles. The smallest absolute Gasteiger partial charge is 0.244 e. The van der Waals surface area contributed by atoms with Crippen LogP contribution in [0, 0.1) is 11.6 Å². The van der Waals surface area contributed by atoms with Crippen LogP contribution in [0.3, 0.4) is 0 Å². The average molecular weight is 504 g/mol. The van der Waals surface area contributed by atoms with Crippen LogP contribution in [-0.4, -0.2) is 43.9 Å². The highest BCUT2D eigenvalue weighted by Gasteiger charge is 2.31. The lowest BCUT2D eigenvalue weighted by atomic mass is 10.1. The van der Waals surface area contributed by atoms with Crippen molar-refractivity contribution in [2.45, 2.75) is 11.3 Å². The van der Waals surface area contributed by atoms with Crippen molar-refractivity contribution in [3.8, 4) is 0 Å². The quantitative estimate of drug-likeness (QED) is 0.500. The van der Waals surface area contributed by atoms with Crippen LogP contribution in [0.1, 0.15) is 11.3 Å². The number of sulfonamides is 1. The predicted molar refractivity (Wildman–Crippen MR) is 119 cm³/mol. The molecule has 2 heterocycles. The molecular weight excluding hydrogens is 487 g/mol. The zero-order chi connectivity index (χ0) is 22.2. The van der Waals surface area contributed by atoms with Crippen LogP contribution < -0.4 is 4.90 Å². The minimum absolute atomic E-state index is 0.00558. The Morgan fingerprint density at radius 3 is 2.39 bits per heavy atom. The number of piperazine rings is 1. The third kappa shape index (κ3) is 4.85. The molecule has 164 valence electrons. The van der Waals surface area contributed by atoms with Gasteiger partial charge in [0, 0.05) is 44.0 Å². The number of hydrogen-bond acceptors (Lipinski definition) is 5. The van der Waals surface area contributed by atoms with E-state index in [0.717, 1.165) is 11.2 Å². The van der Waals surface area contributed by atoms with Crippen LogP contribution in [0.5, 0.6) is 0 Å². The van der Waals surface area contributed by atoms with Gasteiger partial charge < -0.3 is 4.90 Å². The molecular formula is C20H17Cl2F2N3O2S2. The second-order valence-corrected chi connectivity index (χ2v) is 10.5. The summed E-state index contributed by atoms with van der Waals surface area (Å²) in [5.41, 5.74) is 1.20. The van der Waals surface area contributed by atoms with Gasteiger partial charge in [0.15, 0.2) is 5.13 Å². The van der Waals surface area contributed by atoms with Crippen molar-refractivity contribution in [2.75, 3.05) is 31.1 Å². The number of benzene rings is 2. The Bertz CT molecular complexity index is 1190. The van der Waals surface area contributed by atoms with Gasteiger partial charge in [-0.05, 0) is 29.8 Å². The molecule has 0 saturated carbocycles. The summed E-state index contributed by atoms with van der Waals surface area (Å²) in [5, 5.41) is 2.79. The van der Waals surface area contributed by atoms with Crippen LogP contribution in [0.15, 0.2) is 46.7 Å². The first-order chi connectivity index (χ1) is 14.7. The number of aromatic nitrogens is 1. The van der Waals surface area contributed by atoms with Crippen molar-refractivity contribution >= 4 is 49.7 Å². The second-order valence-electron chi connectivity index (χ2n) is 7.02. The zero-order valence-corrected chi connectivity index (χ0v) is 19.2. The molecule has 0 bridgehead atoms. The van der Waals surface area contributed by atoms with Gasteiger partial charge in [0.25, 0.3) is 0 Å². The minimum atomic E-state index is -3.76. The molecule has 11 heteroatoms. The Balaban J connectivity index is 1.43. The first-order valence-corrected chi connectivity index (χ1v) is 12.4. The predicted octanol–water partition coefficient (Wildman–Crippen LogP) is 4.83. The maximum Gasteiger partial charge on any atom is 0.244 e. The van der Waals surface area contributed by atoms with E-state index in [1.54, 1.807) is 12.1 Å². The van der Waals surface area contributed by atoms with Crippen LogP contribution in [0.25, 0.3) is 0 Å². The van der Waals surface area contributed by atoms with Crippen molar-refractivity contribution < 1.29 is 17.2 Å². The molecule has 0 spiro atoms. The number of rotatable bonds is 5. The molecule has 0 radical (unpaired) electrons. The summed E-state index contributed by atoms with van der Waals surface area (Å²) in [6.07, 6.45) is 0.312. The molecule has 0 N–H and O–H groups in total. The van der Waals surface area contributed by atoms with Crippen molar-refractivity contribution in [3.05, 3.63) is 74.7 Å². The minimum Gasteiger partial charge on any atom is -0.345 e. The molecule has 5 nitrogen and oxygen atoms in total. The Kier molecular flexibility index (Phi) is 6.50. The fourth-order valence-corrected chi connectivity index (χ4v) is 6.42. The lowest BCUT2D eigenvalue weighted by Gasteiger charge is -2.34. The van der Waals surface area contributed by atoms with E-state index in [9.17, 15) is 17.2 Å². The maximum absolute atomic E-state index is 13.4. The summed E-state index contributed by atoms with van der Waals surface area (Å²) in [4.78, 5) is 6.54. The van der Waals surface area contributed by atoms with Gasteiger partial charge in [0.05, 0.1) is 15.7 Å². The molecule has 1 saturated heterocycles. The number of thiazole rings is 1. The van der Waals surface area contributed by atoms with Crippen LogP contribution >= 0.6 is 34.5 Å². The summed E-state index contributed by atoms with van der Waals surface area (Å²) in [6, 6.07) is 7.94. The molecule has 0 aliphatic carbocycles. The van der Waals surface area contributed by atoms with Gasteiger partial charge in [-0.25, -0.2) is 22.2 Å². The fourth-order valence-electron chi connectivity index (χ4n) is 3.39. The number of nitrogens with zero attached hydrogens (tertiary/aromatic N) is 3. The first kappa shape index (κ1) is 22.4. The van der Waals surface area contributed by atoms with Gasteiger partial charge in [-0.2, -0.15) is 4.31 Å². The van der Waals surface area contributed by atoms with E-state index in [0.29, 0.717) is 30.8 Å². The molecule has 4 rings (SSSR count). The zero-order valence-electron chi connectivity index (χ0n) is 16.1. The molecule has 1 aliphatic heterocycles. The SMILES string of the molecule is O=S(=O)(c1cccc(Cl)c1Cl)N1CCN(c2nc(Cc3cc(F)cc(F)c3)cs2)CC1. The van der Waals surface area contributed by atoms with Gasteiger partial charge in [-0.3, -0.25) is 0 Å². The second kappa shape index (κ2) is 8.99. The van der Waals surface area contributed by atoms with Crippen LogP contribution in [0.4, 0.5) is 13.9 Å². The fraction of sp³-hybridized carbons (Fsp3) is 0.250. The first-order valence-electron chi connectivity index (χ1n) is 9.32. The molecule has 31 heavy (non-hydrogen) atoms. The van der Waals surface area contributed by atoms with E-state index in [2.05, 4.69) is 4.98 Å². The summed E-state index contributed by atoms with van der Waals surface area (Å²) in [6.45, 7) is 1.46. The molecule has 0 amide bonds. The van der Waals surface area contributed by atoms with Crippen LogP contribution in [-0.2, 0) is 16.4 Å². The number of anilines is 1. The molecule has 3 aromatic rings. The van der Waals surface area contributed by atoms with E-state index in [1.807, 2.05) is 10.3 Å². The van der Waals surface area contributed by atoms with Crippen LogP contribution in [0.2, 0.25) is 10.0 Å². The molecule has 1 fully saturated rings. The topological polar surface area (TPSA) is 53.5 Å². The highest BCUT2D eigenvalue weighted by molar-refractivity contribution is 7.89. The Morgan fingerprint density at radius 2 is 1.71 bits per heavy atom. The summed E-state index contributed by atoms with van der Waals surface area (Å²) in [7, 11) is -3.76. The third-order valence-corrected chi connectivity index (χ3v) is 8.71. The van der Waals surface area contributed by atoms with Crippen molar-refractivity contribution in [2.24, 2.45) is 0 Å². The van der Waals surface area contributed by atoms with Gasteiger partial charge in [-0.1, -0.05) is 29.3 Å². The van der Waals surface area contributed by atoms with Gasteiger partial charge in [0.2, 0.25) is 10.0 Å². The molecule has 0 unspecified atom stereocenters. The monoisotopic (exact) mass is 503 g/mol. The van der Waals surface area contributed by atoms with Crippen molar-refractivity contribution in [3.63, 3.8) is 0 Å². The summed E-state index contributed by atoms with van der Waals surface area (Å²) in [5.74, 6) is -1.25.